The summed E-state index contributed by atoms with van der Waals surface area (Å²) in [5.41, 5.74) is 6.70. The van der Waals surface area contributed by atoms with Gasteiger partial charge in [0.25, 0.3) is 0 Å². The van der Waals surface area contributed by atoms with Gasteiger partial charge in [0.1, 0.15) is 12.6 Å². The van der Waals surface area contributed by atoms with Crippen molar-refractivity contribution in [3.63, 3.8) is 0 Å². The Morgan fingerprint density at radius 3 is 2.85 bits per heavy atom. The van der Waals surface area contributed by atoms with E-state index in [4.69, 9.17) is 15.2 Å². The van der Waals surface area contributed by atoms with Gasteiger partial charge in [-0.1, -0.05) is 0 Å². The SMILES string of the molecule is Nc1cc(C2COCOC2)ccn1. The Morgan fingerprint density at radius 1 is 1.38 bits per heavy atom. The number of pyridine rings is 1. The van der Waals surface area contributed by atoms with Gasteiger partial charge in [-0.2, -0.15) is 0 Å². The molecule has 2 heterocycles. The smallest absolute Gasteiger partial charge is 0.146 e. The quantitative estimate of drug-likeness (QED) is 0.693. The van der Waals surface area contributed by atoms with E-state index in [1.807, 2.05) is 12.1 Å². The molecule has 1 aliphatic heterocycles. The summed E-state index contributed by atoms with van der Waals surface area (Å²) < 4.78 is 10.4. The zero-order chi connectivity index (χ0) is 9.10. The summed E-state index contributed by atoms with van der Waals surface area (Å²) in [7, 11) is 0. The van der Waals surface area contributed by atoms with E-state index in [1.165, 1.54) is 0 Å². The summed E-state index contributed by atoms with van der Waals surface area (Å²) in [5.74, 6) is 0.835. The molecule has 0 radical (unpaired) electrons. The molecule has 1 saturated heterocycles. The van der Waals surface area contributed by atoms with Gasteiger partial charge in [-0.15, -0.1) is 0 Å². The van der Waals surface area contributed by atoms with E-state index in [1.54, 1.807) is 6.20 Å². The molecule has 0 spiro atoms. The van der Waals surface area contributed by atoms with Crippen LogP contribution < -0.4 is 5.73 Å². The summed E-state index contributed by atoms with van der Waals surface area (Å²) >= 11 is 0. The lowest BCUT2D eigenvalue weighted by Crippen LogP contribution is -2.22. The number of nitrogens with zero attached hydrogens (tertiary/aromatic N) is 1. The molecule has 2 rings (SSSR count). The van der Waals surface area contributed by atoms with E-state index in [-0.39, 0.29) is 0 Å². The molecule has 70 valence electrons. The van der Waals surface area contributed by atoms with Crippen LogP contribution in [0.15, 0.2) is 18.3 Å². The minimum Gasteiger partial charge on any atom is -0.384 e. The lowest BCUT2D eigenvalue weighted by atomic mass is 10.0. The molecule has 4 heteroatoms. The molecule has 1 aromatic rings. The molecule has 0 bridgehead atoms. The average molecular weight is 180 g/mol. The van der Waals surface area contributed by atoms with Crippen LogP contribution in [0.2, 0.25) is 0 Å². The zero-order valence-corrected chi connectivity index (χ0v) is 7.27. The van der Waals surface area contributed by atoms with Crippen LogP contribution in [-0.2, 0) is 9.47 Å². The first-order chi connectivity index (χ1) is 6.36. The number of aromatic nitrogens is 1. The van der Waals surface area contributed by atoms with Gasteiger partial charge in [0.15, 0.2) is 0 Å². The Balaban J connectivity index is 2.14. The summed E-state index contributed by atoms with van der Waals surface area (Å²) in [4.78, 5) is 3.93. The third-order valence-corrected chi connectivity index (χ3v) is 2.08. The fraction of sp³-hybridized carbons (Fsp3) is 0.444. The van der Waals surface area contributed by atoms with Crippen LogP contribution in [0.3, 0.4) is 0 Å². The number of anilines is 1. The van der Waals surface area contributed by atoms with Crippen molar-refractivity contribution in [3.8, 4) is 0 Å². The van der Waals surface area contributed by atoms with Crippen molar-refractivity contribution in [3.05, 3.63) is 23.9 Å². The van der Waals surface area contributed by atoms with Gasteiger partial charge in [0, 0.05) is 12.1 Å². The summed E-state index contributed by atoms with van der Waals surface area (Å²) in [5, 5.41) is 0. The summed E-state index contributed by atoms with van der Waals surface area (Å²) in [6.45, 7) is 1.80. The fourth-order valence-corrected chi connectivity index (χ4v) is 1.40. The van der Waals surface area contributed by atoms with Crippen molar-refractivity contribution in [2.45, 2.75) is 5.92 Å². The molecular formula is C9H12N2O2. The van der Waals surface area contributed by atoms with Crippen LogP contribution >= 0.6 is 0 Å². The first-order valence-corrected chi connectivity index (χ1v) is 4.23. The highest BCUT2D eigenvalue weighted by molar-refractivity contribution is 5.33. The van der Waals surface area contributed by atoms with E-state index in [0.717, 1.165) is 5.56 Å². The monoisotopic (exact) mass is 180 g/mol. The molecule has 0 unspecified atom stereocenters. The van der Waals surface area contributed by atoms with Crippen molar-refractivity contribution in [2.24, 2.45) is 0 Å². The second-order valence-electron chi connectivity index (χ2n) is 3.07. The molecule has 0 aliphatic carbocycles. The van der Waals surface area contributed by atoms with Gasteiger partial charge < -0.3 is 15.2 Å². The molecule has 1 fully saturated rings. The molecule has 0 amide bonds. The van der Waals surface area contributed by atoms with Crippen LogP contribution in [0.5, 0.6) is 0 Å². The highest BCUT2D eigenvalue weighted by atomic mass is 16.7. The second kappa shape index (κ2) is 3.72. The van der Waals surface area contributed by atoms with Gasteiger partial charge in [0.05, 0.1) is 13.2 Å². The molecular weight excluding hydrogens is 168 g/mol. The maximum absolute atomic E-state index is 5.57. The molecule has 2 N–H and O–H groups in total. The Morgan fingerprint density at radius 2 is 2.15 bits per heavy atom. The van der Waals surface area contributed by atoms with Crippen LogP contribution in [0.4, 0.5) is 5.82 Å². The van der Waals surface area contributed by atoms with Gasteiger partial charge in [-0.3, -0.25) is 0 Å². The predicted molar refractivity (Wildman–Crippen MR) is 48.2 cm³/mol. The minimum absolute atomic E-state index is 0.291. The van der Waals surface area contributed by atoms with E-state index < -0.39 is 0 Å². The number of nitrogen functional groups attached to an aromatic ring is 1. The highest BCUT2D eigenvalue weighted by Gasteiger charge is 2.16. The molecule has 0 aromatic carbocycles. The maximum Gasteiger partial charge on any atom is 0.146 e. The van der Waals surface area contributed by atoms with Gasteiger partial charge >= 0.3 is 0 Å². The Kier molecular flexibility index (Phi) is 2.42. The predicted octanol–water partition coefficient (Wildman–Crippen LogP) is 0.752. The Labute approximate surface area is 76.7 Å². The first kappa shape index (κ1) is 8.47. The van der Waals surface area contributed by atoms with Crippen molar-refractivity contribution in [1.29, 1.82) is 0 Å². The van der Waals surface area contributed by atoms with Crippen LogP contribution in [0.25, 0.3) is 0 Å². The highest BCUT2D eigenvalue weighted by Crippen LogP contribution is 2.20. The van der Waals surface area contributed by atoms with Crippen molar-refractivity contribution >= 4 is 5.82 Å². The third kappa shape index (κ3) is 1.96. The lowest BCUT2D eigenvalue weighted by Gasteiger charge is -2.22. The topological polar surface area (TPSA) is 57.4 Å². The lowest BCUT2D eigenvalue weighted by molar-refractivity contribution is -0.108. The van der Waals surface area contributed by atoms with E-state index >= 15 is 0 Å². The van der Waals surface area contributed by atoms with Crippen molar-refractivity contribution < 1.29 is 9.47 Å². The first-order valence-electron chi connectivity index (χ1n) is 4.23. The third-order valence-electron chi connectivity index (χ3n) is 2.08. The minimum atomic E-state index is 0.291. The van der Waals surface area contributed by atoms with Crippen molar-refractivity contribution in [1.82, 2.24) is 4.98 Å². The standard InChI is InChI=1S/C9H12N2O2/c10-9-3-7(1-2-11-9)8-4-12-6-13-5-8/h1-3,8H,4-6H2,(H2,10,11). The zero-order valence-electron chi connectivity index (χ0n) is 7.27. The Hall–Kier alpha value is -1.13. The number of hydrogen-bond donors (Lipinski definition) is 1. The number of ether oxygens (including phenoxy) is 2. The van der Waals surface area contributed by atoms with E-state index in [0.29, 0.717) is 31.7 Å². The van der Waals surface area contributed by atoms with Crippen LogP contribution in [-0.4, -0.2) is 25.0 Å². The molecule has 1 aliphatic rings. The van der Waals surface area contributed by atoms with Crippen molar-refractivity contribution in [2.75, 3.05) is 25.7 Å². The molecule has 1 aromatic heterocycles. The molecule has 4 nitrogen and oxygen atoms in total. The largest absolute Gasteiger partial charge is 0.384 e. The maximum atomic E-state index is 5.57. The molecule has 13 heavy (non-hydrogen) atoms. The van der Waals surface area contributed by atoms with E-state index in [2.05, 4.69) is 4.98 Å². The van der Waals surface area contributed by atoms with E-state index in [9.17, 15) is 0 Å². The summed E-state index contributed by atoms with van der Waals surface area (Å²) in [6, 6.07) is 3.81. The fourth-order valence-electron chi connectivity index (χ4n) is 1.40. The van der Waals surface area contributed by atoms with Crippen LogP contribution in [0.1, 0.15) is 11.5 Å². The number of rotatable bonds is 1. The number of nitrogens with two attached hydrogens (primary N) is 1. The normalized spacial score (nSPS) is 18.8. The van der Waals surface area contributed by atoms with Gasteiger partial charge in [0.2, 0.25) is 0 Å². The van der Waals surface area contributed by atoms with Gasteiger partial charge in [-0.05, 0) is 17.7 Å². The summed E-state index contributed by atoms with van der Waals surface area (Å²) in [6.07, 6.45) is 1.71. The van der Waals surface area contributed by atoms with Gasteiger partial charge in [-0.25, -0.2) is 4.98 Å². The second-order valence-corrected chi connectivity index (χ2v) is 3.07. The average Bonchev–Trinajstić information content (AvgIpc) is 2.19. The molecule has 0 atom stereocenters. The molecule has 0 saturated carbocycles. The number of hydrogen-bond acceptors (Lipinski definition) is 4. The Bertz CT molecular complexity index is 285. The van der Waals surface area contributed by atoms with Crippen LogP contribution in [0, 0.1) is 0 Å².